The van der Waals surface area contributed by atoms with E-state index in [4.69, 9.17) is 0 Å². The van der Waals surface area contributed by atoms with Crippen molar-refractivity contribution in [3.8, 4) is 11.8 Å². The molecule has 0 saturated carbocycles. The number of aromatic nitrogens is 1. The minimum atomic E-state index is -0.961. The molecule has 0 bridgehead atoms. The van der Waals surface area contributed by atoms with Gasteiger partial charge in [-0.3, -0.25) is 4.98 Å². The number of likely N-dealkylation sites (N-methyl/N-ethyl adjacent to an activating group) is 1. The smallest absolute Gasteiger partial charge is 0.116 e. The third-order valence-corrected chi connectivity index (χ3v) is 3.87. The Labute approximate surface area is 139 Å². The Morgan fingerprint density at radius 1 is 1.00 bits per heavy atom. The first-order chi connectivity index (χ1) is 11.0. The molecule has 0 radical (unpaired) electrons. The standard InChI is InChI=1S/C20H24N2O/c1-4-22(5-2)16-20(3,23)19-14-13-18(15-21-19)12-11-17-9-7-6-8-10-17/h6-10,13-15,23H,4-5,16H2,1-3H3. The number of aliphatic hydroxyl groups is 1. The Bertz CT molecular complexity index is 662. The monoisotopic (exact) mass is 308 g/mol. The SMILES string of the molecule is CCN(CC)CC(C)(O)c1ccc(C#Cc2ccccc2)cn1. The zero-order valence-corrected chi connectivity index (χ0v) is 14.1. The third-order valence-electron chi connectivity index (χ3n) is 3.87. The molecular weight excluding hydrogens is 284 g/mol. The van der Waals surface area contributed by atoms with Crippen LogP contribution in [0.2, 0.25) is 0 Å². The van der Waals surface area contributed by atoms with Gasteiger partial charge < -0.3 is 10.0 Å². The average Bonchev–Trinajstić information content (AvgIpc) is 2.59. The molecule has 0 saturated heterocycles. The van der Waals surface area contributed by atoms with Gasteiger partial charge >= 0.3 is 0 Å². The van der Waals surface area contributed by atoms with Gasteiger partial charge in [0.2, 0.25) is 0 Å². The molecule has 120 valence electrons. The van der Waals surface area contributed by atoms with Gasteiger partial charge in [0.25, 0.3) is 0 Å². The fraction of sp³-hybridized carbons (Fsp3) is 0.350. The Morgan fingerprint density at radius 3 is 2.22 bits per heavy atom. The lowest BCUT2D eigenvalue weighted by atomic mass is 10.00. The maximum absolute atomic E-state index is 10.7. The van der Waals surface area contributed by atoms with E-state index in [0.29, 0.717) is 12.2 Å². The molecular formula is C20H24N2O. The molecule has 23 heavy (non-hydrogen) atoms. The highest BCUT2D eigenvalue weighted by Gasteiger charge is 2.26. The van der Waals surface area contributed by atoms with Crippen molar-refractivity contribution in [2.24, 2.45) is 0 Å². The highest BCUT2D eigenvalue weighted by molar-refractivity contribution is 5.42. The molecule has 0 aliphatic rings. The van der Waals surface area contributed by atoms with Crippen molar-refractivity contribution < 1.29 is 5.11 Å². The fourth-order valence-electron chi connectivity index (χ4n) is 2.42. The second kappa shape index (κ2) is 7.92. The summed E-state index contributed by atoms with van der Waals surface area (Å²) in [6.45, 7) is 8.39. The van der Waals surface area contributed by atoms with Crippen LogP contribution in [0.25, 0.3) is 0 Å². The summed E-state index contributed by atoms with van der Waals surface area (Å²) in [5.41, 5.74) is 1.54. The lowest BCUT2D eigenvalue weighted by molar-refractivity contribution is 0.0150. The quantitative estimate of drug-likeness (QED) is 0.863. The van der Waals surface area contributed by atoms with Crippen LogP contribution < -0.4 is 0 Å². The number of rotatable bonds is 5. The maximum atomic E-state index is 10.7. The first-order valence-electron chi connectivity index (χ1n) is 8.03. The molecule has 1 atom stereocenters. The summed E-state index contributed by atoms with van der Waals surface area (Å²) in [4.78, 5) is 6.59. The highest BCUT2D eigenvalue weighted by Crippen LogP contribution is 2.20. The molecule has 1 aromatic carbocycles. The van der Waals surface area contributed by atoms with Crippen LogP contribution in [0.1, 0.15) is 37.6 Å². The molecule has 2 aromatic rings. The summed E-state index contributed by atoms with van der Waals surface area (Å²) < 4.78 is 0. The van der Waals surface area contributed by atoms with Crippen LogP contribution in [0.5, 0.6) is 0 Å². The van der Waals surface area contributed by atoms with Crippen LogP contribution in [0.4, 0.5) is 0 Å². The number of hydrogen-bond acceptors (Lipinski definition) is 3. The minimum Gasteiger partial charge on any atom is -0.382 e. The summed E-state index contributed by atoms with van der Waals surface area (Å²) in [6.07, 6.45) is 1.72. The van der Waals surface area contributed by atoms with Crippen molar-refractivity contribution in [1.82, 2.24) is 9.88 Å². The second-order valence-corrected chi connectivity index (χ2v) is 5.78. The average molecular weight is 308 g/mol. The van der Waals surface area contributed by atoms with E-state index < -0.39 is 5.60 Å². The van der Waals surface area contributed by atoms with Crippen molar-refractivity contribution in [3.63, 3.8) is 0 Å². The molecule has 0 aliphatic heterocycles. The van der Waals surface area contributed by atoms with E-state index in [-0.39, 0.29) is 0 Å². The summed E-state index contributed by atoms with van der Waals surface area (Å²) in [6, 6.07) is 13.6. The highest BCUT2D eigenvalue weighted by atomic mass is 16.3. The zero-order valence-electron chi connectivity index (χ0n) is 14.1. The van der Waals surface area contributed by atoms with Gasteiger partial charge in [0.1, 0.15) is 5.60 Å². The van der Waals surface area contributed by atoms with Gasteiger partial charge in [-0.25, -0.2) is 0 Å². The Kier molecular flexibility index (Phi) is 5.92. The molecule has 2 rings (SSSR count). The largest absolute Gasteiger partial charge is 0.382 e. The van der Waals surface area contributed by atoms with E-state index in [0.717, 1.165) is 24.2 Å². The van der Waals surface area contributed by atoms with E-state index in [1.54, 1.807) is 6.20 Å². The van der Waals surface area contributed by atoms with Gasteiger partial charge in [-0.1, -0.05) is 43.9 Å². The van der Waals surface area contributed by atoms with Crippen LogP contribution >= 0.6 is 0 Å². The molecule has 1 heterocycles. The summed E-state index contributed by atoms with van der Waals surface area (Å²) in [5, 5.41) is 10.7. The number of pyridine rings is 1. The van der Waals surface area contributed by atoms with E-state index in [1.807, 2.05) is 49.4 Å². The molecule has 0 fully saturated rings. The Morgan fingerprint density at radius 2 is 1.65 bits per heavy atom. The van der Waals surface area contributed by atoms with Gasteiger partial charge in [0.15, 0.2) is 0 Å². The van der Waals surface area contributed by atoms with Gasteiger partial charge in [0, 0.05) is 23.9 Å². The van der Waals surface area contributed by atoms with Crippen molar-refractivity contribution >= 4 is 0 Å². The zero-order chi connectivity index (χ0) is 16.7. The van der Waals surface area contributed by atoms with Crippen molar-refractivity contribution in [2.75, 3.05) is 19.6 Å². The molecule has 0 aliphatic carbocycles. The molecule has 0 spiro atoms. The van der Waals surface area contributed by atoms with E-state index >= 15 is 0 Å². The first kappa shape index (κ1) is 17.2. The van der Waals surface area contributed by atoms with E-state index in [2.05, 4.69) is 35.6 Å². The molecule has 3 heteroatoms. The van der Waals surface area contributed by atoms with Crippen LogP contribution in [0, 0.1) is 11.8 Å². The van der Waals surface area contributed by atoms with Crippen molar-refractivity contribution in [2.45, 2.75) is 26.4 Å². The topological polar surface area (TPSA) is 36.4 Å². The molecule has 1 N–H and O–H groups in total. The van der Waals surface area contributed by atoms with E-state index in [1.165, 1.54) is 0 Å². The van der Waals surface area contributed by atoms with Crippen LogP contribution in [-0.2, 0) is 5.60 Å². The predicted molar refractivity (Wildman–Crippen MR) is 94.0 cm³/mol. The van der Waals surface area contributed by atoms with Gasteiger partial charge in [-0.2, -0.15) is 0 Å². The van der Waals surface area contributed by atoms with E-state index in [9.17, 15) is 5.11 Å². The van der Waals surface area contributed by atoms with Crippen molar-refractivity contribution in [3.05, 3.63) is 65.5 Å². The van der Waals surface area contributed by atoms with Gasteiger partial charge in [0.05, 0.1) is 5.69 Å². The maximum Gasteiger partial charge on any atom is 0.116 e. The predicted octanol–water partition coefficient (Wildman–Crippen LogP) is 3.03. The number of hydrogen-bond donors (Lipinski definition) is 1. The molecule has 1 unspecified atom stereocenters. The van der Waals surface area contributed by atoms with Gasteiger partial charge in [-0.15, -0.1) is 0 Å². The number of nitrogens with zero attached hydrogens (tertiary/aromatic N) is 2. The lowest BCUT2D eigenvalue weighted by Gasteiger charge is -2.29. The summed E-state index contributed by atoms with van der Waals surface area (Å²) >= 11 is 0. The lowest BCUT2D eigenvalue weighted by Crippen LogP contribution is -2.39. The number of benzene rings is 1. The summed E-state index contributed by atoms with van der Waals surface area (Å²) in [7, 11) is 0. The fourth-order valence-corrected chi connectivity index (χ4v) is 2.42. The third kappa shape index (κ3) is 4.92. The summed E-state index contributed by atoms with van der Waals surface area (Å²) in [5.74, 6) is 6.21. The first-order valence-corrected chi connectivity index (χ1v) is 8.03. The second-order valence-electron chi connectivity index (χ2n) is 5.78. The minimum absolute atomic E-state index is 0.571. The van der Waals surface area contributed by atoms with Gasteiger partial charge in [-0.05, 0) is 44.3 Å². The Balaban J connectivity index is 2.11. The van der Waals surface area contributed by atoms with Crippen LogP contribution in [-0.4, -0.2) is 34.6 Å². The Hall–Kier alpha value is -2.15. The normalized spacial score (nSPS) is 13.3. The van der Waals surface area contributed by atoms with Crippen LogP contribution in [0.15, 0.2) is 48.7 Å². The molecule has 1 aromatic heterocycles. The molecule has 3 nitrogen and oxygen atoms in total. The van der Waals surface area contributed by atoms with Crippen LogP contribution in [0.3, 0.4) is 0 Å². The molecule has 0 amide bonds. The van der Waals surface area contributed by atoms with Crippen molar-refractivity contribution in [1.29, 1.82) is 0 Å².